The fourth-order valence-electron chi connectivity index (χ4n) is 7.28. The van der Waals surface area contributed by atoms with Crippen molar-refractivity contribution < 1.29 is 0 Å². The Morgan fingerprint density at radius 2 is 0.630 bits per heavy atom. The Balaban J connectivity index is 1.31. The molecule has 0 aliphatic carbocycles. The van der Waals surface area contributed by atoms with E-state index in [1.165, 1.54) is 21.5 Å². The smallest absolute Gasteiger partial charge is 0.100 e. The Kier molecular flexibility index (Phi) is 5.88. The Bertz CT molecular complexity index is 2380. The molecule has 0 saturated carbocycles. The van der Waals surface area contributed by atoms with Crippen LogP contribution in [-0.2, 0) is 0 Å². The van der Waals surface area contributed by atoms with Crippen LogP contribution in [0.25, 0.3) is 77.2 Å². The van der Waals surface area contributed by atoms with Crippen LogP contribution in [0.15, 0.2) is 164 Å². The van der Waals surface area contributed by atoms with Crippen LogP contribution in [0.3, 0.4) is 0 Å². The van der Waals surface area contributed by atoms with E-state index in [1.807, 2.05) is 0 Å². The zero-order valence-electron chi connectivity index (χ0n) is 24.9. The normalized spacial score (nSPS) is 11.5. The maximum atomic E-state index is 10.9. The van der Waals surface area contributed by atoms with Crippen LogP contribution in [0.1, 0.15) is 5.56 Å². The van der Waals surface area contributed by atoms with Gasteiger partial charge in [0.2, 0.25) is 0 Å². The number of rotatable bonds is 4. The standard InChI is InChI=1S/C43H27N3/c44-28-37-29(31-14-1-7-22-38(31)45-40-24-9-3-16-33(40)34-17-4-10-25-41(34)45)20-13-21-30(37)32-15-2-8-23-39(32)46-42-26-11-5-18-35(42)36-19-6-12-27-43(36)46/h1-27H. The maximum absolute atomic E-state index is 10.9. The Labute approximate surface area is 266 Å². The third kappa shape index (κ3) is 3.78. The summed E-state index contributed by atoms with van der Waals surface area (Å²) in [5.41, 5.74) is 11.2. The van der Waals surface area contributed by atoms with E-state index in [-0.39, 0.29) is 0 Å². The van der Waals surface area contributed by atoms with Gasteiger partial charge in [-0.3, -0.25) is 0 Å². The van der Waals surface area contributed by atoms with Crippen molar-refractivity contribution in [2.24, 2.45) is 0 Å². The van der Waals surface area contributed by atoms with Crippen molar-refractivity contribution in [3.8, 4) is 39.7 Å². The van der Waals surface area contributed by atoms with Gasteiger partial charge in [-0.1, -0.05) is 127 Å². The number of aromatic nitrogens is 2. The number of hydrogen-bond acceptors (Lipinski definition) is 1. The number of benzene rings is 7. The number of nitriles is 1. The molecule has 46 heavy (non-hydrogen) atoms. The molecule has 0 N–H and O–H groups in total. The molecule has 0 aliphatic rings. The Morgan fingerprint density at radius 1 is 0.326 bits per heavy atom. The lowest BCUT2D eigenvalue weighted by atomic mass is 9.91. The van der Waals surface area contributed by atoms with Crippen molar-refractivity contribution in [1.29, 1.82) is 5.26 Å². The predicted octanol–water partition coefficient (Wildman–Crippen LogP) is 11.1. The fraction of sp³-hybridized carbons (Fsp3) is 0. The number of nitrogens with zero attached hydrogens (tertiary/aromatic N) is 3. The number of fused-ring (bicyclic) bond motifs is 6. The molecule has 0 spiro atoms. The molecule has 7 aromatic carbocycles. The minimum absolute atomic E-state index is 0.656. The quantitative estimate of drug-likeness (QED) is 0.202. The van der Waals surface area contributed by atoms with Gasteiger partial charge in [0.15, 0.2) is 0 Å². The molecule has 3 nitrogen and oxygen atoms in total. The highest BCUT2D eigenvalue weighted by molar-refractivity contribution is 6.11. The lowest BCUT2D eigenvalue weighted by Crippen LogP contribution is -2.00. The van der Waals surface area contributed by atoms with Gasteiger partial charge in [-0.15, -0.1) is 0 Å². The molecular formula is C43H27N3. The van der Waals surface area contributed by atoms with E-state index in [2.05, 4.69) is 179 Å². The second-order valence-electron chi connectivity index (χ2n) is 11.6. The van der Waals surface area contributed by atoms with E-state index in [0.717, 1.165) is 55.7 Å². The summed E-state index contributed by atoms with van der Waals surface area (Å²) in [6.07, 6.45) is 0. The molecule has 0 saturated heterocycles. The molecule has 0 bridgehead atoms. The molecule has 0 unspecified atom stereocenters. The van der Waals surface area contributed by atoms with Gasteiger partial charge in [0, 0.05) is 43.8 Å². The van der Waals surface area contributed by atoms with Crippen LogP contribution < -0.4 is 0 Å². The van der Waals surface area contributed by atoms with Gasteiger partial charge in [-0.2, -0.15) is 5.26 Å². The van der Waals surface area contributed by atoms with Crippen molar-refractivity contribution in [3.05, 3.63) is 169 Å². The molecule has 0 radical (unpaired) electrons. The van der Waals surface area contributed by atoms with Crippen molar-refractivity contribution in [1.82, 2.24) is 9.13 Å². The Hall–Kier alpha value is -6.37. The van der Waals surface area contributed by atoms with E-state index < -0.39 is 0 Å². The molecule has 2 heterocycles. The van der Waals surface area contributed by atoms with E-state index >= 15 is 0 Å². The van der Waals surface area contributed by atoms with Gasteiger partial charge in [-0.05, 0) is 36.4 Å². The first-order valence-corrected chi connectivity index (χ1v) is 15.5. The minimum Gasteiger partial charge on any atom is -0.309 e. The molecule has 214 valence electrons. The second-order valence-corrected chi connectivity index (χ2v) is 11.6. The molecule has 0 atom stereocenters. The van der Waals surface area contributed by atoms with Crippen molar-refractivity contribution >= 4 is 43.6 Å². The molecular weight excluding hydrogens is 558 g/mol. The van der Waals surface area contributed by atoms with Crippen LogP contribution in [-0.4, -0.2) is 9.13 Å². The fourth-order valence-corrected chi connectivity index (χ4v) is 7.28. The zero-order chi connectivity index (χ0) is 30.6. The van der Waals surface area contributed by atoms with Crippen LogP contribution in [0.2, 0.25) is 0 Å². The van der Waals surface area contributed by atoms with E-state index in [9.17, 15) is 5.26 Å². The summed E-state index contributed by atoms with van der Waals surface area (Å²) in [6, 6.07) is 59.9. The van der Waals surface area contributed by atoms with Crippen LogP contribution in [0, 0.1) is 11.3 Å². The van der Waals surface area contributed by atoms with Gasteiger partial charge < -0.3 is 9.13 Å². The summed E-state index contributed by atoms with van der Waals surface area (Å²) in [7, 11) is 0. The molecule has 0 aliphatic heterocycles. The first kappa shape index (κ1) is 26.1. The monoisotopic (exact) mass is 585 g/mol. The Morgan fingerprint density at radius 3 is 1.00 bits per heavy atom. The van der Waals surface area contributed by atoms with Gasteiger partial charge in [0.05, 0.1) is 39.0 Å². The first-order chi connectivity index (χ1) is 22.8. The molecule has 2 aromatic heterocycles. The predicted molar refractivity (Wildman–Crippen MR) is 191 cm³/mol. The van der Waals surface area contributed by atoms with E-state index in [4.69, 9.17) is 0 Å². The minimum atomic E-state index is 0.656. The lowest BCUT2D eigenvalue weighted by Gasteiger charge is -2.18. The average molecular weight is 586 g/mol. The van der Waals surface area contributed by atoms with E-state index in [1.54, 1.807) is 0 Å². The third-order valence-electron chi connectivity index (χ3n) is 9.21. The average Bonchev–Trinajstić information content (AvgIpc) is 3.64. The molecule has 9 aromatic rings. The summed E-state index contributed by atoms with van der Waals surface area (Å²) >= 11 is 0. The zero-order valence-corrected chi connectivity index (χ0v) is 24.9. The summed E-state index contributed by atoms with van der Waals surface area (Å²) in [4.78, 5) is 0. The molecule has 0 fully saturated rings. The lowest BCUT2D eigenvalue weighted by molar-refractivity contribution is 1.18. The van der Waals surface area contributed by atoms with Crippen molar-refractivity contribution in [2.45, 2.75) is 0 Å². The SMILES string of the molecule is N#Cc1c(-c2ccccc2-n2c3ccccc3c3ccccc32)cccc1-c1ccccc1-n1c2ccccc2c2ccccc21. The topological polar surface area (TPSA) is 33.6 Å². The molecule has 0 amide bonds. The highest BCUT2D eigenvalue weighted by atomic mass is 15.0. The largest absolute Gasteiger partial charge is 0.309 e. The highest BCUT2D eigenvalue weighted by Crippen LogP contribution is 2.41. The third-order valence-corrected chi connectivity index (χ3v) is 9.21. The maximum Gasteiger partial charge on any atom is 0.100 e. The second kappa shape index (κ2) is 10.4. The number of hydrogen-bond donors (Lipinski definition) is 0. The van der Waals surface area contributed by atoms with Crippen molar-refractivity contribution in [2.75, 3.05) is 0 Å². The van der Waals surface area contributed by atoms with Gasteiger partial charge in [-0.25, -0.2) is 0 Å². The van der Waals surface area contributed by atoms with Crippen molar-refractivity contribution in [3.63, 3.8) is 0 Å². The van der Waals surface area contributed by atoms with Crippen LogP contribution >= 0.6 is 0 Å². The van der Waals surface area contributed by atoms with Crippen LogP contribution in [0.5, 0.6) is 0 Å². The number of para-hydroxylation sites is 6. The summed E-state index contributed by atoms with van der Waals surface area (Å²) in [5.74, 6) is 0. The highest BCUT2D eigenvalue weighted by Gasteiger charge is 2.21. The summed E-state index contributed by atoms with van der Waals surface area (Å²) in [6.45, 7) is 0. The van der Waals surface area contributed by atoms with E-state index in [0.29, 0.717) is 5.56 Å². The summed E-state index contributed by atoms with van der Waals surface area (Å²) in [5, 5.41) is 15.7. The van der Waals surface area contributed by atoms with Gasteiger partial charge in [0.1, 0.15) is 6.07 Å². The van der Waals surface area contributed by atoms with Gasteiger partial charge in [0.25, 0.3) is 0 Å². The molecule has 3 heteroatoms. The first-order valence-electron chi connectivity index (χ1n) is 15.5. The molecule has 9 rings (SSSR count). The van der Waals surface area contributed by atoms with Crippen LogP contribution in [0.4, 0.5) is 0 Å². The van der Waals surface area contributed by atoms with Gasteiger partial charge >= 0.3 is 0 Å². The summed E-state index contributed by atoms with van der Waals surface area (Å²) < 4.78 is 4.67.